The average molecular weight is 542 g/mol. The summed E-state index contributed by atoms with van der Waals surface area (Å²) < 4.78 is 16.9. The van der Waals surface area contributed by atoms with Gasteiger partial charge >= 0.3 is 5.97 Å². The molecule has 0 saturated heterocycles. The molecule has 3 aromatic rings. The largest absolute Gasteiger partial charge is 0.462 e. The summed E-state index contributed by atoms with van der Waals surface area (Å²) in [6, 6.07) is 23.3. The first-order valence-corrected chi connectivity index (χ1v) is 13.4. The Hall–Kier alpha value is -4.03. The van der Waals surface area contributed by atoms with Crippen molar-refractivity contribution in [2.75, 3.05) is 13.4 Å². The Morgan fingerprint density at radius 1 is 1.00 bits per heavy atom. The van der Waals surface area contributed by atoms with Gasteiger partial charge in [0.1, 0.15) is 5.78 Å². The fourth-order valence-electron chi connectivity index (χ4n) is 5.75. The molecule has 1 aliphatic carbocycles. The predicted octanol–water partition coefficient (Wildman–Crippen LogP) is 6.07. The number of ketones is 1. The van der Waals surface area contributed by atoms with E-state index in [1.807, 2.05) is 67.6 Å². The maximum atomic E-state index is 13.9. The number of allylic oxidation sites excluding steroid dienone is 3. The fourth-order valence-corrected chi connectivity index (χ4v) is 6.02. The van der Waals surface area contributed by atoms with Gasteiger partial charge < -0.3 is 19.5 Å². The first-order chi connectivity index (χ1) is 19.0. The van der Waals surface area contributed by atoms with Crippen LogP contribution < -0.4 is 14.8 Å². The number of carbonyl (C=O) groups is 2. The number of hydrogen-bond donors (Lipinski definition) is 1. The lowest BCUT2D eigenvalue weighted by molar-refractivity contribution is -0.139. The van der Waals surface area contributed by atoms with Gasteiger partial charge in [0.25, 0.3) is 0 Å². The molecule has 3 aromatic carbocycles. The quantitative estimate of drug-likeness (QED) is 0.382. The zero-order valence-corrected chi connectivity index (χ0v) is 22.2. The molecule has 0 spiro atoms. The molecule has 0 fully saturated rings. The molecule has 0 amide bonds. The number of nitrogens with one attached hydrogen (secondary N) is 1. The molecule has 3 atom stereocenters. The Morgan fingerprint density at radius 3 is 2.44 bits per heavy atom. The predicted molar refractivity (Wildman–Crippen MR) is 148 cm³/mol. The number of hydrogen-bond acceptors (Lipinski definition) is 6. The van der Waals surface area contributed by atoms with Crippen LogP contribution in [0.3, 0.4) is 0 Å². The van der Waals surface area contributed by atoms with E-state index in [0.717, 1.165) is 16.8 Å². The minimum atomic E-state index is -0.632. The summed E-state index contributed by atoms with van der Waals surface area (Å²) in [5, 5.41) is 3.79. The van der Waals surface area contributed by atoms with E-state index in [4.69, 9.17) is 25.8 Å². The van der Waals surface area contributed by atoms with Gasteiger partial charge in [-0.15, -0.1) is 0 Å². The highest BCUT2D eigenvalue weighted by Gasteiger charge is 2.46. The highest BCUT2D eigenvalue weighted by Crippen LogP contribution is 2.50. The molecule has 6 rings (SSSR count). The van der Waals surface area contributed by atoms with Crippen LogP contribution in [0.5, 0.6) is 11.5 Å². The third kappa shape index (κ3) is 4.92. The molecule has 0 saturated carbocycles. The van der Waals surface area contributed by atoms with Crippen molar-refractivity contribution >= 4 is 23.4 Å². The standard InChI is InChI=1S/C32H28ClNO5/c1-19-29(32(36)37-13-12-20-8-4-2-5-9-20)30(23-16-27-28(17-24(23)33)39-18-38-27)31-25(34-19)14-22(15-26(31)35)21-10-6-3-7-11-21/h2-11,14,16-17,22,30-31,34H,12-13,15,18H2,1H3. The smallest absolute Gasteiger partial charge is 0.336 e. The zero-order chi connectivity index (χ0) is 26.9. The van der Waals surface area contributed by atoms with Crippen molar-refractivity contribution in [1.29, 1.82) is 0 Å². The van der Waals surface area contributed by atoms with Crippen molar-refractivity contribution in [1.82, 2.24) is 5.32 Å². The number of carbonyl (C=O) groups excluding carboxylic acids is 2. The first kappa shape index (κ1) is 25.3. The van der Waals surface area contributed by atoms with Crippen molar-refractivity contribution in [3.05, 3.63) is 118 Å². The molecule has 198 valence electrons. The molecule has 0 aromatic heterocycles. The van der Waals surface area contributed by atoms with E-state index in [-0.39, 0.29) is 25.1 Å². The number of halogens is 1. The zero-order valence-electron chi connectivity index (χ0n) is 21.5. The minimum absolute atomic E-state index is 0.0367. The van der Waals surface area contributed by atoms with Gasteiger partial charge in [-0.2, -0.15) is 0 Å². The van der Waals surface area contributed by atoms with Crippen molar-refractivity contribution in [2.24, 2.45) is 5.92 Å². The molecule has 2 heterocycles. The second-order valence-electron chi connectivity index (χ2n) is 10.0. The van der Waals surface area contributed by atoms with Crippen molar-refractivity contribution in [2.45, 2.75) is 31.6 Å². The van der Waals surface area contributed by atoms with Crippen LogP contribution in [0.15, 0.2) is 95.8 Å². The van der Waals surface area contributed by atoms with Crippen LogP contribution in [-0.2, 0) is 20.7 Å². The molecule has 7 heteroatoms. The van der Waals surface area contributed by atoms with Gasteiger partial charge in [-0.1, -0.05) is 78.3 Å². The minimum Gasteiger partial charge on any atom is -0.462 e. The Morgan fingerprint density at radius 2 is 1.69 bits per heavy atom. The molecule has 2 aliphatic heterocycles. The second kappa shape index (κ2) is 10.6. The third-order valence-electron chi connectivity index (χ3n) is 7.61. The molecule has 0 radical (unpaired) electrons. The number of ether oxygens (including phenoxy) is 3. The van der Waals surface area contributed by atoms with Gasteiger partial charge in [-0.25, -0.2) is 4.79 Å². The van der Waals surface area contributed by atoms with E-state index in [2.05, 4.69) is 11.4 Å². The topological polar surface area (TPSA) is 73.9 Å². The van der Waals surface area contributed by atoms with E-state index >= 15 is 0 Å². The summed E-state index contributed by atoms with van der Waals surface area (Å²) in [6.45, 7) is 2.16. The third-order valence-corrected chi connectivity index (χ3v) is 7.93. The van der Waals surface area contributed by atoms with Crippen LogP contribution in [0.4, 0.5) is 0 Å². The number of benzene rings is 3. The Balaban J connectivity index is 1.38. The van der Waals surface area contributed by atoms with E-state index in [0.29, 0.717) is 46.2 Å². The van der Waals surface area contributed by atoms with Crippen LogP contribution in [0.2, 0.25) is 5.02 Å². The van der Waals surface area contributed by atoms with Crippen molar-refractivity contribution < 1.29 is 23.8 Å². The maximum absolute atomic E-state index is 13.9. The monoisotopic (exact) mass is 541 g/mol. The summed E-state index contributed by atoms with van der Waals surface area (Å²) in [5.41, 5.74) is 4.60. The van der Waals surface area contributed by atoms with Crippen LogP contribution >= 0.6 is 11.6 Å². The second-order valence-corrected chi connectivity index (χ2v) is 10.4. The molecular formula is C32H28ClNO5. The van der Waals surface area contributed by atoms with Gasteiger partial charge in [0.15, 0.2) is 11.5 Å². The highest BCUT2D eigenvalue weighted by molar-refractivity contribution is 6.31. The number of fused-ring (bicyclic) bond motifs is 2. The lowest BCUT2D eigenvalue weighted by atomic mass is 9.68. The first-order valence-electron chi connectivity index (χ1n) is 13.1. The van der Waals surface area contributed by atoms with Crippen molar-refractivity contribution in [3.63, 3.8) is 0 Å². The molecule has 3 unspecified atom stereocenters. The Kier molecular flexibility index (Phi) is 6.88. The number of rotatable bonds is 6. The fraction of sp³-hybridized carbons (Fsp3) is 0.250. The molecule has 3 aliphatic rings. The van der Waals surface area contributed by atoms with Gasteiger partial charge in [-0.3, -0.25) is 4.79 Å². The summed E-state index contributed by atoms with van der Waals surface area (Å²) >= 11 is 6.79. The van der Waals surface area contributed by atoms with E-state index < -0.39 is 17.8 Å². The van der Waals surface area contributed by atoms with Crippen molar-refractivity contribution in [3.8, 4) is 11.5 Å². The summed E-state index contributed by atoms with van der Waals surface area (Å²) in [6.07, 6.45) is 3.03. The van der Waals surface area contributed by atoms with Gasteiger partial charge in [-0.05, 0) is 29.7 Å². The molecule has 39 heavy (non-hydrogen) atoms. The average Bonchev–Trinajstić information content (AvgIpc) is 3.40. The van der Waals surface area contributed by atoms with Crippen LogP contribution in [0, 0.1) is 5.92 Å². The Bertz CT molecular complexity index is 1480. The van der Waals surface area contributed by atoms with E-state index in [1.165, 1.54) is 0 Å². The van der Waals surface area contributed by atoms with E-state index in [9.17, 15) is 9.59 Å². The SMILES string of the molecule is CC1=C(C(=O)OCCc2ccccc2)C(c2cc3c(cc2Cl)OCO3)C2C(=O)CC(c3ccccc3)C=C2N1. The molecule has 1 N–H and O–H groups in total. The van der Waals surface area contributed by atoms with Gasteiger partial charge in [0.05, 0.1) is 18.1 Å². The van der Waals surface area contributed by atoms with Gasteiger partial charge in [0, 0.05) is 47.2 Å². The summed E-state index contributed by atoms with van der Waals surface area (Å²) in [7, 11) is 0. The lowest BCUT2D eigenvalue weighted by Crippen LogP contribution is -2.42. The van der Waals surface area contributed by atoms with E-state index in [1.54, 1.807) is 12.1 Å². The normalized spacial score (nSPS) is 21.6. The molecule has 6 nitrogen and oxygen atoms in total. The molecule has 0 bridgehead atoms. The Labute approximate surface area is 232 Å². The number of esters is 1. The molecular weight excluding hydrogens is 514 g/mol. The van der Waals surface area contributed by atoms with Gasteiger partial charge in [0.2, 0.25) is 6.79 Å². The highest BCUT2D eigenvalue weighted by atomic mass is 35.5. The lowest BCUT2D eigenvalue weighted by Gasteiger charge is -2.39. The maximum Gasteiger partial charge on any atom is 0.336 e. The van der Waals surface area contributed by atoms with Crippen LogP contribution in [0.25, 0.3) is 0 Å². The number of Topliss-reactive ketones (excluding diaryl/α,β-unsaturated/α-hetero) is 1. The van der Waals surface area contributed by atoms with Crippen LogP contribution in [0.1, 0.15) is 41.9 Å². The summed E-state index contributed by atoms with van der Waals surface area (Å²) in [4.78, 5) is 27.5. The van der Waals surface area contributed by atoms with Crippen LogP contribution in [-0.4, -0.2) is 25.2 Å². The summed E-state index contributed by atoms with van der Waals surface area (Å²) in [5.74, 6) is -0.645.